The number of rotatable bonds is 1. The predicted octanol–water partition coefficient (Wildman–Crippen LogP) is 3.72. The van der Waals surface area contributed by atoms with Crippen LogP contribution in [0.4, 0.5) is 5.69 Å². The third-order valence-electron chi connectivity index (χ3n) is 5.02. The van der Waals surface area contributed by atoms with Crippen LogP contribution in [0.25, 0.3) is 0 Å². The lowest BCUT2D eigenvalue weighted by Gasteiger charge is -2.39. The minimum Gasteiger partial charge on any atom is -0.398 e. The predicted molar refractivity (Wildman–Crippen MR) is 81.9 cm³/mol. The average Bonchev–Trinajstić information content (AvgIpc) is 2.90. The van der Waals surface area contributed by atoms with E-state index in [1.54, 1.807) is 18.2 Å². The van der Waals surface area contributed by atoms with E-state index >= 15 is 0 Å². The van der Waals surface area contributed by atoms with E-state index in [-0.39, 0.29) is 5.91 Å². The third-order valence-corrected chi connectivity index (χ3v) is 5.26. The molecule has 0 aromatic heterocycles. The second-order valence-corrected chi connectivity index (χ2v) is 6.67. The molecule has 2 fully saturated rings. The normalized spacial score (nSPS) is 21.4. The van der Waals surface area contributed by atoms with Crippen LogP contribution in [-0.4, -0.2) is 23.9 Å². The van der Waals surface area contributed by atoms with Crippen molar-refractivity contribution >= 4 is 23.2 Å². The first-order valence-electron chi connectivity index (χ1n) is 7.44. The summed E-state index contributed by atoms with van der Waals surface area (Å²) in [7, 11) is 0. The van der Waals surface area contributed by atoms with Crippen molar-refractivity contribution in [2.75, 3.05) is 18.8 Å². The molecule has 0 unspecified atom stereocenters. The Bertz CT molecular complexity index is 513. The molecule has 1 aromatic carbocycles. The second kappa shape index (κ2) is 5.28. The molecule has 108 valence electrons. The van der Waals surface area contributed by atoms with Gasteiger partial charge < -0.3 is 10.6 Å². The number of nitrogens with zero attached hydrogens (tertiary/aromatic N) is 1. The molecule has 3 rings (SSSR count). The van der Waals surface area contributed by atoms with Gasteiger partial charge >= 0.3 is 0 Å². The number of hydrogen-bond donors (Lipinski definition) is 1. The number of carbonyl (C=O) groups excluding carboxylic acids is 1. The first-order valence-corrected chi connectivity index (χ1v) is 7.82. The molecule has 0 radical (unpaired) electrons. The number of nitrogen functional groups attached to an aromatic ring is 1. The Balaban J connectivity index is 1.71. The summed E-state index contributed by atoms with van der Waals surface area (Å²) >= 11 is 5.97. The van der Waals surface area contributed by atoms with Crippen molar-refractivity contribution in [2.45, 2.75) is 38.5 Å². The van der Waals surface area contributed by atoms with Crippen LogP contribution in [0, 0.1) is 5.41 Å². The smallest absolute Gasteiger partial charge is 0.255 e. The van der Waals surface area contributed by atoms with E-state index < -0.39 is 0 Å². The van der Waals surface area contributed by atoms with E-state index in [0.717, 1.165) is 25.9 Å². The summed E-state index contributed by atoms with van der Waals surface area (Å²) in [6, 6.07) is 5.11. The molecule has 1 heterocycles. The zero-order valence-corrected chi connectivity index (χ0v) is 12.5. The molecule has 1 saturated heterocycles. The van der Waals surface area contributed by atoms with Gasteiger partial charge in [0.05, 0.1) is 5.56 Å². The molecule has 1 aliphatic carbocycles. The van der Waals surface area contributed by atoms with E-state index in [4.69, 9.17) is 17.3 Å². The van der Waals surface area contributed by atoms with Crippen LogP contribution in [0.3, 0.4) is 0 Å². The van der Waals surface area contributed by atoms with Crippen molar-refractivity contribution in [1.82, 2.24) is 4.90 Å². The van der Waals surface area contributed by atoms with E-state index in [9.17, 15) is 4.79 Å². The summed E-state index contributed by atoms with van der Waals surface area (Å²) in [5.74, 6) is 0.0258. The molecule has 1 aromatic rings. The van der Waals surface area contributed by atoms with Crippen LogP contribution in [-0.2, 0) is 0 Å². The number of benzene rings is 1. The Morgan fingerprint density at radius 2 is 1.80 bits per heavy atom. The van der Waals surface area contributed by atoms with Gasteiger partial charge in [-0.1, -0.05) is 24.4 Å². The monoisotopic (exact) mass is 292 g/mol. The van der Waals surface area contributed by atoms with Gasteiger partial charge in [0.1, 0.15) is 0 Å². The van der Waals surface area contributed by atoms with Gasteiger partial charge in [-0.3, -0.25) is 4.79 Å². The molecule has 20 heavy (non-hydrogen) atoms. The topological polar surface area (TPSA) is 46.3 Å². The van der Waals surface area contributed by atoms with Crippen molar-refractivity contribution in [1.29, 1.82) is 0 Å². The maximum absolute atomic E-state index is 12.6. The molecule has 1 spiro atoms. The van der Waals surface area contributed by atoms with Crippen LogP contribution in [0.5, 0.6) is 0 Å². The van der Waals surface area contributed by atoms with Gasteiger partial charge in [0.2, 0.25) is 0 Å². The molecule has 3 nitrogen and oxygen atoms in total. The van der Waals surface area contributed by atoms with Crippen LogP contribution in [0.2, 0.25) is 5.02 Å². The highest BCUT2D eigenvalue weighted by Gasteiger charge is 2.38. The molecule has 1 saturated carbocycles. The molecule has 0 atom stereocenters. The molecule has 2 N–H and O–H groups in total. The Hall–Kier alpha value is -1.22. The minimum absolute atomic E-state index is 0.0258. The van der Waals surface area contributed by atoms with E-state index in [2.05, 4.69) is 0 Å². The molecular weight excluding hydrogens is 272 g/mol. The van der Waals surface area contributed by atoms with Crippen LogP contribution >= 0.6 is 11.6 Å². The van der Waals surface area contributed by atoms with Crippen molar-refractivity contribution in [2.24, 2.45) is 5.41 Å². The Morgan fingerprint density at radius 3 is 2.45 bits per heavy atom. The van der Waals surface area contributed by atoms with Crippen LogP contribution < -0.4 is 5.73 Å². The first kappa shape index (κ1) is 13.7. The van der Waals surface area contributed by atoms with Gasteiger partial charge in [-0.15, -0.1) is 0 Å². The molecular formula is C16H21ClN2O. The third kappa shape index (κ3) is 2.51. The molecule has 0 bridgehead atoms. The maximum Gasteiger partial charge on any atom is 0.255 e. The number of piperidine rings is 1. The van der Waals surface area contributed by atoms with Crippen molar-refractivity contribution in [3.63, 3.8) is 0 Å². The number of carbonyl (C=O) groups is 1. The first-order chi connectivity index (χ1) is 9.60. The van der Waals surface area contributed by atoms with Crippen LogP contribution in [0.15, 0.2) is 18.2 Å². The fraction of sp³-hybridized carbons (Fsp3) is 0.562. The maximum atomic E-state index is 12.6. The summed E-state index contributed by atoms with van der Waals surface area (Å²) in [6.07, 6.45) is 7.67. The standard InChI is InChI=1S/C16H21ClN2O/c17-12-3-4-14(18)13(11-12)15(20)19-9-7-16(8-10-19)5-1-2-6-16/h3-4,11H,1-2,5-10,18H2. The summed E-state index contributed by atoms with van der Waals surface area (Å²) in [4.78, 5) is 14.5. The lowest BCUT2D eigenvalue weighted by atomic mass is 9.77. The van der Waals surface area contributed by atoms with Crippen molar-refractivity contribution in [3.8, 4) is 0 Å². The zero-order chi connectivity index (χ0) is 14.2. The lowest BCUT2D eigenvalue weighted by molar-refractivity contribution is 0.0588. The number of likely N-dealkylation sites (tertiary alicyclic amines) is 1. The fourth-order valence-electron chi connectivity index (χ4n) is 3.69. The summed E-state index contributed by atoms with van der Waals surface area (Å²) < 4.78 is 0. The Kier molecular flexibility index (Phi) is 3.63. The number of halogens is 1. The van der Waals surface area contributed by atoms with Crippen molar-refractivity contribution < 1.29 is 4.79 Å². The quantitative estimate of drug-likeness (QED) is 0.802. The highest BCUT2D eigenvalue weighted by atomic mass is 35.5. The number of anilines is 1. The van der Waals surface area contributed by atoms with E-state index in [0.29, 0.717) is 21.7 Å². The second-order valence-electron chi connectivity index (χ2n) is 6.23. The highest BCUT2D eigenvalue weighted by molar-refractivity contribution is 6.31. The number of hydrogen-bond acceptors (Lipinski definition) is 2. The van der Waals surface area contributed by atoms with Gasteiger partial charge in [0.25, 0.3) is 5.91 Å². The number of amides is 1. The molecule has 2 aliphatic rings. The van der Waals surface area contributed by atoms with E-state index in [1.165, 1.54) is 25.7 Å². The largest absolute Gasteiger partial charge is 0.398 e. The highest BCUT2D eigenvalue weighted by Crippen LogP contribution is 2.46. The van der Waals surface area contributed by atoms with Gasteiger partial charge in [-0.25, -0.2) is 0 Å². The average molecular weight is 293 g/mol. The Morgan fingerprint density at radius 1 is 1.15 bits per heavy atom. The van der Waals surface area contributed by atoms with Gasteiger partial charge in [0, 0.05) is 23.8 Å². The summed E-state index contributed by atoms with van der Waals surface area (Å²) in [5, 5.41) is 0.562. The minimum atomic E-state index is 0.0258. The van der Waals surface area contributed by atoms with Gasteiger partial charge in [-0.05, 0) is 49.3 Å². The fourth-order valence-corrected chi connectivity index (χ4v) is 3.87. The van der Waals surface area contributed by atoms with E-state index in [1.807, 2.05) is 4.90 Å². The molecule has 1 aliphatic heterocycles. The van der Waals surface area contributed by atoms with Crippen LogP contribution in [0.1, 0.15) is 48.9 Å². The molecule has 1 amide bonds. The summed E-state index contributed by atoms with van der Waals surface area (Å²) in [5.41, 5.74) is 7.49. The summed E-state index contributed by atoms with van der Waals surface area (Å²) in [6.45, 7) is 1.70. The number of nitrogens with two attached hydrogens (primary N) is 1. The lowest BCUT2D eigenvalue weighted by Crippen LogP contribution is -2.42. The Labute approximate surface area is 125 Å². The van der Waals surface area contributed by atoms with Crippen molar-refractivity contribution in [3.05, 3.63) is 28.8 Å². The zero-order valence-electron chi connectivity index (χ0n) is 11.7. The van der Waals surface area contributed by atoms with Gasteiger partial charge in [0.15, 0.2) is 0 Å². The SMILES string of the molecule is Nc1ccc(Cl)cc1C(=O)N1CCC2(CCCC2)CC1. The molecule has 4 heteroatoms. The van der Waals surface area contributed by atoms with Gasteiger partial charge in [-0.2, -0.15) is 0 Å².